The van der Waals surface area contributed by atoms with Crippen molar-refractivity contribution in [1.29, 1.82) is 5.26 Å². The fourth-order valence-electron chi connectivity index (χ4n) is 2.97. The summed E-state index contributed by atoms with van der Waals surface area (Å²) in [6.45, 7) is 1.85. The summed E-state index contributed by atoms with van der Waals surface area (Å²) in [4.78, 5) is 0.122. The second kappa shape index (κ2) is 5.15. The summed E-state index contributed by atoms with van der Waals surface area (Å²) in [5.41, 5.74) is 5.82. The van der Waals surface area contributed by atoms with Crippen molar-refractivity contribution in [3.63, 3.8) is 0 Å². The highest BCUT2D eigenvalue weighted by Crippen LogP contribution is 2.55. The van der Waals surface area contributed by atoms with Crippen molar-refractivity contribution in [1.82, 2.24) is 0 Å². The zero-order valence-electron chi connectivity index (χ0n) is 12.4. The van der Waals surface area contributed by atoms with Gasteiger partial charge in [0.2, 0.25) is 0 Å². The third kappa shape index (κ3) is 2.42. The maximum atomic E-state index is 13.4. The lowest BCUT2D eigenvalue weighted by Gasteiger charge is -2.05. The molecule has 6 heteroatoms. The lowest BCUT2D eigenvalue weighted by Crippen LogP contribution is -2.29. The molecule has 2 aromatic carbocycles. The minimum absolute atomic E-state index is 0.122. The summed E-state index contributed by atoms with van der Waals surface area (Å²) < 4.78 is 39.1. The van der Waals surface area contributed by atoms with Crippen LogP contribution in [0.1, 0.15) is 17.0 Å². The molecule has 0 amide bonds. The molecule has 2 N–H and O–H groups in total. The number of rotatable bonds is 3. The number of benzene rings is 2. The molecule has 1 saturated carbocycles. The van der Waals surface area contributed by atoms with E-state index in [9.17, 15) is 18.1 Å². The highest BCUT2D eigenvalue weighted by Gasteiger charge is 2.70. The molecule has 118 valence electrons. The van der Waals surface area contributed by atoms with Gasteiger partial charge in [-0.05, 0) is 36.8 Å². The summed E-state index contributed by atoms with van der Waals surface area (Å²) >= 11 is 0. The van der Waals surface area contributed by atoms with Crippen LogP contribution in [0.25, 0.3) is 0 Å². The van der Waals surface area contributed by atoms with Gasteiger partial charge in [-0.2, -0.15) is 5.26 Å². The predicted octanol–water partition coefficient (Wildman–Crippen LogP) is 2.29. The fraction of sp³-hybridized carbons (Fsp3) is 0.235. The standard InChI is InChI=1S/C17H15FN2O2S/c1-11-5-7-14(8-6-11)23(21,22)16-15(17(16,20)10-19)12-3-2-4-13(18)9-12/h2-9,15-16H,20H2,1H3/t15-,16+,17+/m0/s1. The van der Waals surface area contributed by atoms with Gasteiger partial charge in [0, 0.05) is 5.92 Å². The fourth-order valence-corrected chi connectivity index (χ4v) is 5.15. The Morgan fingerprint density at radius 1 is 1.22 bits per heavy atom. The number of hydrogen-bond acceptors (Lipinski definition) is 4. The first kappa shape index (κ1) is 15.7. The molecule has 1 aliphatic rings. The Bertz CT molecular complexity index is 903. The summed E-state index contributed by atoms with van der Waals surface area (Å²) in [6.07, 6.45) is 0. The minimum Gasteiger partial charge on any atom is -0.312 e. The summed E-state index contributed by atoms with van der Waals surface area (Å²) in [5, 5.41) is 8.28. The third-order valence-electron chi connectivity index (χ3n) is 4.26. The van der Waals surface area contributed by atoms with Gasteiger partial charge in [0.15, 0.2) is 9.84 Å². The van der Waals surface area contributed by atoms with Gasteiger partial charge in [-0.25, -0.2) is 12.8 Å². The molecule has 2 aromatic rings. The van der Waals surface area contributed by atoms with Crippen molar-refractivity contribution < 1.29 is 12.8 Å². The molecule has 3 rings (SSSR count). The van der Waals surface area contributed by atoms with Crippen LogP contribution in [0.2, 0.25) is 0 Å². The Labute approximate surface area is 134 Å². The van der Waals surface area contributed by atoms with E-state index in [0.29, 0.717) is 5.56 Å². The van der Waals surface area contributed by atoms with Gasteiger partial charge in [0.05, 0.1) is 11.0 Å². The van der Waals surface area contributed by atoms with Crippen LogP contribution in [0.4, 0.5) is 4.39 Å². The smallest absolute Gasteiger partial charge is 0.184 e. The Kier molecular flexibility index (Phi) is 3.51. The van der Waals surface area contributed by atoms with E-state index in [-0.39, 0.29) is 4.90 Å². The molecule has 3 atom stereocenters. The van der Waals surface area contributed by atoms with Crippen LogP contribution in [0.15, 0.2) is 53.4 Å². The maximum absolute atomic E-state index is 13.4. The molecule has 1 fully saturated rings. The highest BCUT2D eigenvalue weighted by atomic mass is 32.2. The summed E-state index contributed by atoms with van der Waals surface area (Å²) in [7, 11) is -3.78. The van der Waals surface area contributed by atoms with Crippen molar-refractivity contribution in [2.45, 2.75) is 28.5 Å². The lowest BCUT2D eigenvalue weighted by molar-refractivity contribution is 0.591. The zero-order chi connectivity index (χ0) is 16.8. The normalized spacial score (nSPS) is 26.5. The Morgan fingerprint density at radius 3 is 2.43 bits per heavy atom. The quantitative estimate of drug-likeness (QED) is 0.936. The molecular formula is C17H15FN2O2S. The molecule has 1 aliphatic carbocycles. The molecule has 0 spiro atoms. The maximum Gasteiger partial charge on any atom is 0.184 e. The van der Waals surface area contributed by atoms with E-state index in [4.69, 9.17) is 5.73 Å². The monoisotopic (exact) mass is 330 g/mol. The van der Waals surface area contributed by atoms with Crippen molar-refractivity contribution in [3.05, 3.63) is 65.5 Å². The SMILES string of the molecule is Cc1ccc(S(=O)(=O)[C@@H]2[C@H](c3cccc(F)c3)[C@]2(N)C#N)cc1. The Hall–Kier alpha value is -2.23. The highest BCUT2D eigenvalue weighted by molar-refractivity contribution is 7.92. The van der Waals surface area contributed by atoms with E-state index in [1.54, 1.807) is 18.2 Å². The lowest BCUT2D eigenvalue weighted by atomic mass is 10.1. The van der Waals surface area contributed by atoms with Gasteiger partial charge in [-0.3, -0.25) is 0 Å². The first-order valence-electron chi connectivity index (χ1n) is 7.07. The van der Waals surface area contributed by atoms with Crippen LogP contribution < -0.4 is 5.73 Å². The van der Waals surface area contributed by atoms with Crippen LogP contribution >= 0.6 is 0 Å². The van der Waals surface area contributed by atoms with Crippen molar-refractivity contribution >= 4 is 9.84 Å². The number of nitrogens with two attached hydrogens (primary N) is 1. The number of aryl methyl sites for hydroxylation is 1. The third-order valence-corrected chi connectivity index (χ3v) is 6.52. The van der Waals surface area contributed by atoms with E-state index in [1.165, 1.54) is 30.3 Å². The molecule has 0 aromatic heterocycles. The van der Waals surface area contributed by atoms with E-state index < -0.39 is 32.4 Å². The minimum atomic E-state index is -3.78. The first-order chi connectivity index (χ1) is 10.8. The number of halogens is 1. The molecule has 0 saturated heterocycles. The van der Waals surface area contributed by atoms with Gasteiger partial charge >= 0.3 is 0 Å². The molecular weight excluding hydrogens is 315 g/mol. The van der Waals surface area contributed by atoms with Gasteiger partial charge in [-0.1, -0.05) is 29.8 Å². The largest absolute Gasteiger partial charge is 0.312 e. The molecule has 0 bridgehead atoms. The number of nitriles is 1. The summed E-state index contributed by atoms with van der Waals surface area (Å²) in [5.74, 6) is -1.23. The van der Waals surface area contributed by atoms with Crippen LogP contribution in [0.3, 0.4) is 0 Å². The molecule has 0 heterocycles. The average Bonchev–Trinajstić information content (AvgIpc) is 3.15. The number of hydrogen-bond donors (Lipinski definition) is 1. The van der Waals surface area contributed by atoms with Crippen molar-refractivity contribution in [3.8, 4) is 6.07 Å². The second-order valence-corrected chi connectivity index (χ2v) is 7.93. The van der Waals surface area contributed by atoms with Crippen LogP contribution in [-0.2, 0) is 9.84 Å². The number of sulfone groups is 1. The average molecular weight is 330 g/mol. The molecule has 0 aliphatic heterocycles. The predicted molar refractivity (Wildman–Crippen MR) is 83.8 cm³/mol. The van der Waals surface area contributed by atoms with E-state index >= 15 is 0 Å². The Balaban J connectivity index is 2.05. The van der Waals surface area contributed by atoms with Crippen LogP contribution in [0.5, 0.6) is 0 Å². The molecule has 4 nitrogen and oxygen atoms in total. The summed E-state index contributed by atoms with van der Waals surface area (Å²) in [6, 6.07) is 13.9. The van der Waals surface area contributed by atoms with Gasteiger partial charge in [0.1, 0.15) is 16.6 Å². The van der Waals surface area contributed by atoms with E-state index in [1.807, 2.05) is 13.0 Å². The van der Waals surface area contributed by atoms with Gasteiger partial charge < -0.3 is 5.73 Å². The van der Waals surface area contributed by atoms with Crippen molar-refractivity contribution in [2.75, 3.05) is 0 Å². The molecule has 0 unspecified atom stereocenters. The van der Waals surface area contributed by atoms with Crippen molar-refractivity contribution in [2.24, 2.45) is 5.73 Å². The Morgan fingerprint density at radius 2 is 1.87 bits per heavy atom. The molecule has 23 heavy (non-hydrogen) atoms. The number of nitrogens with zero attached hydrogens (tertiary/aromatic N) is 1. The van der Waals surface area contributed by atoms with Gasteiger partial charge in [-0.15, -0.1) is 0 Å². The van der Waals surface area contributed by atoms with Crippen LogP contribution in [-0.4, -0.2) is 19.2 Å². The zero-order valence-corrected chi connectivity index (χ0v) is 13.2. The van der Waals surface area contributed by atoms with Gasteiger partial charge in [0.25, 0.3) is 0 Å². The van der Waals surface area contributed by atoms with Crippen LogP contribution in [0, 0.1) is 24.1 Å². The topological polar surface area (TPSA) is 83.9 Å². The second-order valence-electron chi connectivity index (χ2n) is 5.86. The molecule has 0 radical (unpaired) electrons. The van der Waals surface area contributed by atoms with E-state index in [2.05, 4.69) is 0 Å². The van der Waals surface area contributed by atoms with E-state index in [0.717, 1.165) is 5.56 Å². The first-order valence-corrected chi connectivity index (χ1v) is 8.61.